The first-order chi connectivity index (χ1) is 9.39. The maximum atomic E-state index is 12.5. The summed E-state index contributed by atoms with van der Waals surface area (Å²) in [6, 6.07) is -0.721. The van der Waals surface area contributed by atoms with E-state index in [9.17, 15) is 18.0 Å². The van der Waals surface area contributed by atoms with Crippen LogP contribution >= 0.6 is 11.8 Å². The topological polar surface area (TPSA) is 91.8 Å². The molecule has 8 heteroatoms. The van der Waals surface area contributed by atoms with Crippen molar-refractivity contribution in [2.24, 2.45) is 0 Å². The van der Waals surface area contributed by atoms with Crippen LogP contribution in [0, 0.1) is 0 Å². The van der Waals surface area contributed by atoms with Crippen LogP contribution in [0.4, 0.5) is 0 Å². The van der Waals surface area contributed by atoms with Gasteiger partial charge in [-0.2, -0.15) is 0 Å². The normalized spacial score (nSPS) is 29.9. The molecule has 0 aliphatic carbocycles. The molecule has 2 fully saturated rings. The lowest BCUT2D eigenvalue weighted by molar-refractivity contribution is -0.140. The molecule has 6 nitrogen and oxygen atoms in total. The van der Waals surface area contributed by atoms with Crippen LogP contribution in [0.5, 0.6) is 0 Å². The van der Waals surface area contributed by atoms with E-state index in [1.54, 1.807) is 11.8 Å². The van der Waals surface area contributed by atoms with Gasteiger partial charge in [0.2, 0.25) is 5.91 Å². The first-order valence-electron chi connectivity index (χ1n) is 6.73. The predicted octanol–water partition coefficient (Wildman–Crippen LogP) is 0.372. The third kappa shape index (κ3) is 3.88. The minimum absolute atomic E-state index is 0.0632. The van der Waals surface area contributed by atoms with Gasteiger partial charge in [0.25, 0.3) is 0 Å². The summed E-state index contributed by atoms with van der Waals surface area (Å²) in [6.45, 7) is 0.121. The molecule has 20 heavy (non-hydrogen) atoms. The van der Waals surface area contributed by atoms with Crippen molar-refractivity contribution in [3.8, 4) is 0 Å². The highest BCUT2D eigenvalue weighted by Gasteiger charge is 2.38. The minimum atomic E-state index is -3.24. The van der Waals surface area contributed by atoms with Crippen LogP contribution in [0.25, 0.3) is 0 Å². The highest BCUT2D eigenvalue weighted by Crippen LogP contribution is 2.28. The second-order valence-electron chi connectivity index (χ2n) is 5.25. The molecule has 2 aliphatic rings. The zero-order valence-electron chi connectivity index (χ0n) is 11.2. The monoisotopic (exact) mass is 321 g/mol. The molecule has 0 aromatic heterocycles. The Hall–Kier alpha value is -0.760. The number of nitrogens with zero attached hydrogens (tertiary/aromatic N) is 1. The minimum Gasteiger partial charge on any atom is -0.481 e. The Morgan fingerprint density at radius 3 is 2.65 bits per heavy atom. The summed E-state index contributed by atoms with van der Waals surface area (Å²) in [4.78, 5) is 24.8. The molecule has 0 saturated carbocycles. The van der Waals surface area contributed by atoms with Crippen LogP contribution in [-0.4, -0.2) is 65.4 Å². The van der Waals surface area contributed by atoms with Crippen molar-refractivity contribution in [1.82, 2.24) is 4.90 Å². The smallest absolute Gasteiger partial charge is 0.305 e. The quantitative estimate of drug-likeness (QED) is 0.807. The Morgan fingerprint density at radius 1 is 1.30 bits per heavy atom. The van der Waals surface area contributed by atoms with Crippen molar-refractivity contribution >= 4 is 33.5 Å². The van der Waals surface area contributed by atoms with E-state index in [0.29, 0.717) is 0 Å². The maximum Gasteiger partial charge on any atom is 0.305 e. The molecule has 2 unspecified atom stereocenters. The van der Waals surface area contributed by atoms with Crippen molar-refractivity contribution in [3.05, 3.63) is 0 Å². The number of carbonyl (C=O) groups excluding carboxylic acids is 1. The Bertz CT molecular complexity index is 484. The van der Waals surface area contributed by atoms with Crippen LogP contribution in [0.3, 0.4) is 0 Å². The highest BCUT2D eigenvalue weighted by atomic mass is 32.2. The van der Waals surface area contributed by atoms with E-state index in [4.69, 9.17) is 5.11 Å². The second kappa shape index (κ2) is 6.34. The molecule has 2 aliphatic heterocycles. The summed E-state index contributed by atoms with van der Waals surface area (Å²) in [5.41, 5.74) is 0. The van der Waals surface area contributed by atoms with Gasteiger partial charge in [0.15, 0.2) is 9.84 Å². The van der Waals surface area contributed by atoms with E-state index in [1.165, 1.54) is 4.90 Å². The number of hydrogen-bond donors (Lipinski definition) is 1. The zero-order valence-corrected chi connectivity index (χ0v) is 12.8. The van der Waals surface area contributed by atoms with Crippen molar-refractivity contribution in [3.63, 3.8) is 0 Å². The van der Waals surface area contributed by atoms with Crippen LogP contribution in [0.15, 0.2) is 0 Å². The van der Waals surface area contributed by atoms with E-state index in [2.05, 4.69) is 0 Å². The average molecular weight is 321 g/mol. The number of sulfone groups is 1. The molecule has 0 bridgehead atoms. The zero-order chi connectivity index (χ0) is 14.8. The lowest BCUT2D eigenvalue weighted by Crippen LogP contribution is -2.54. The summed E-state index contributed by atoms with van der Waals surface area (Å²) in [6.07, 6.45) is 2.59. The fourth-order valence-corrected chi connectivity index (χ4v) is 5.46. The maximum absolute atomic E-state index is 12.5. The van der Waals surface area contributed by atoms with Gasteiger partial charge >= 0.3 is 5.97 Å². The van der Waals surface area contributed by atoms with Gasteiger partial charge in [0.05, 0.1) is 29.2 Å². The molecule has 0 spiro atoms. The Kier molecular flexibility index (Phi) is 4.95. The van der Waals surface area contributed by atoms with Crippen molar-refractivity contribution in [2.75, 3.05) is 23.8 Å². The number of amides is 1. The fraction of sp³-hybridized carbons (Fsp3) is 0.833. The first kappa shape index (κ1) is 15.6. The van der Waals surface area contributed by atoms with E-state index < -0.39 is 21.8 Å². The van der Waals surface area contributed by atoms with Gasteiger partial charge in [0.1, 0.15) is 0 Å². The molecular formula is C12H19NO5S2. The summed E-state index contributed by atoms with van der Waals surface area (Å²) in [5.74, 6) is -0.516. The van der Waals surface area contributed by atoms with E-state index in [1.807, 2.05) is 0 Å². The molecular weight excluding hydrogens is 302 g/mol. The molecule has 114 valence electrons. The summed E-state index contributed by atoms with van der Waals surface area (Å²) >= 11 is 1.60. The van der Waals surface area contributed by atoms with Crippen LogP contribution < -0.4 is 0 Å². The Balaban J connectivity index is 2.10. The molecule has 0 aromatic rings. The van der Waals surface area contributed by atoms with Crippen LogP contribution in [-0.2, 0) is 19.4 Å². The van der Waals surface area contributed by atoms with Crippen molar-refractivity contribution in [2.45, 2.75) is 37.0 Å². The molecule has 2 heterocycles. The molecule has 0 aromatic carbocycles. The molecule has 2 atom stereocenters. The SMILES string of the molecule is O=C(O)CC1CS(=O)(=O)CCN1C(=O)C1CCCCS1. The third-order valence-electron chi connectivity index (χ3n) is 3.68. The first-order valence-corrected chi connectivity index (χ1v) is 9.60. The number of carboxylic acids is 1. The van der Waals surface area contributed by atoms with Crippen molar-refractivity contribution < 1.29 is 23.1 Å². The number of aliphatic carboxylic acids is 1. The molecule has 1 N–H and O–H groups in total. The summed E-state index contributed by atoms with van der Waals surface area (Å²) < 4.78 is 23.3. The van der Waals surface area contributed by atoms with Gasteiger partial charge in [-0.25, -0.2) is 8.42 Å². The van der Waals surface area contributed by atoms with E-state index >= 15 is 0 Å². The number of carbonyl (C=O) groups is 2. The molecule has 2 saturated heterocycles. The summed E-state index contributed by atoms with van der Waals surface area (Å²) in [7, 11) is -3.24. The summed E-state index contributed by atoms with van der Waals surface area (Å²) in [5, 5.41) is 8.77. The number of carboxylic acid groups (broad SMARTS) is 1. The van der Waals surface area contributed by atoms with Gasteiger partial charge in [-0.05, 0) is 18.6 Å². The van der Waals surface area contributed by atoms with E-state index in [0.717, 1.165) is 25.0 Å². The van der Waals surface area contributed by atoms with Gasteiger partial charge in [0, 0.05) is 6.54 Å². The van der Waals surface area contributed by atoms with Crippen LogP contribution in [0.2, 0.25) is 0 Å². The van der Waals surface area contributed by atoms with Gasteiger partial charge < -0.3 is 10.0 Å². The second-order valence-corrected chi connectivity index (χ2v) is 8.79. The van der Waals surface area contributed by atoms with Gasteiger partial charge in [-0.15, -0.1) is 11.8 Å². The van der Waals surface area contributed by atoms with Crippen LogP contribution in [0.1, 0.15) is 25.7 Å². The van der Waals surface area contributed by atoms with Gasteiger partial charge in [-0.1, -0.05) is 6.42 Å². The largest absolute Gasteiger partial charge is 0.481 e. The lowest BCUT2D eigenvalue weighted by Gasteiger charge is -2.37. The fourth-order valence-electron chi connectivity index (χ4n) is 2.67. The molecule has 2 rings (SSSR count). The lowest BCUT2D eigenvalue weighted by atomic mass is 10.1. The molecule has 1 amide bonds. The standard InChI is InChI=1S/C12H19NO5S2/c14-11(15)7-9-8-20(17,18)6-4-13(9)12(16)10-3-1-2-5-19-10/h9-10H,1-8H2,(H,14,15). The number of thioether (sulfide) groups is 1. The van der Waals surface area contributed by atoms with Gasteiger partial charge in [-0.3, -0.25) is 9.59 Å². The molecule has 0 radical (unpaired) electrons. The predicted molar refractivity (Wildman–Crippen MR) is 76.5 cm³/mol. The number of hydrogen-bond acceptors (Lipinski definition) is 5. The average Bonchev–Trinajstić information content (AvgIpc) is 2.37. The Labute approximate surface area is 122 Å². The van der Waals surface area contributed by atoms with E-state index in [-0.39, 0.29) is 35.6 Å². The number of rotatable bonds is 3. The third-order valence-corrected chi connectivity index (χ3v) is 6.74. The van der Waals surface area contributed by atoms with Crippen molar-refractivity contribution in [1.29, 1.82) is 0 Å². The Morgan fingerprint density at radius 2 is 2.05 bits per heavy atom. The highest BCUT2D eigenvalue weighted by molar-refractivity contribution is 8.00.